The third-order valence-electron chi connectivity index (χ3n) is 5.04. The second-order valence-corrected chi connectivity index (χ2v) is 8.09. The van der Waals surface area contributed by atoms with Crippen molar-refractivity contribution in [2.75, 3.05) is 19.7 Å². The zero-order valence-corrected chi connectivity index (χ0v) is 15.0. The van der Waals surface area contributed by atoms with Crippen LogP contribution >= 0.6 is 0 Å². The van der Waals surface area contributed by atoms with E-state index < -0.39 is 5.60 Å². The molecule has 132 valence electrons. The highest BCUT2D eigenvalue weighted by Gasteiger charge is 2.43. The number of piperidine rings is 1. The lowest BCUT2D eigenvalue weighted by Gasteiger charge is -2.40. The fraction of sp³-hybridized carbons (Fsp3) is 0.889. The lowest BCUT2D eigenvalue weighted by atomic mass is 9.76. The van der Waals surface area contributed by atoms with E-state index >= 15 is 0 Å². The Morgan fingerprint density at radius 2 is 1.83 bits per heavy atom. The molecule has 1 atom stereocenters. The molecule has 2 aliphatic rings. The van der Waals surface area contributed by atoms with Gasteiger partial charge in [0.05, 0.1) is 6.61 Å². The summed E-state index contributed by atoms with van der Waals surface area (Å²) in [7, 11) is 0. The summed E-state index contributed by atoms with van der Waals surface area (Å²) in [5.74, 6) is 0.378. The quantitative estimate of drug-likeness (QED) is 0.741. The van der Waals surface area contributed by atoms with Crippen LogP contribution in [-0.4, -0.2) is 42.3 Å². The summed E-state index contributed by atoms with van der Waals surface area (Å²) in [6.07, 6.45) is 5.74. The molecule has 5 heteroatoms. The number of nitrogens with zero attached hydrogens (tertiary/aromatic N) is 1. The summed E-state index contributed by atoms with van der Waals surface area (Å²) in [6, 6.07) is 0. The predicted molar refractivity (Wildman–Crippen MR) is 88.1 cm³/mol. The molecule has 0 aromatic heterocycles. The second-order valence-electron chi connectivity index (χ2n) is 8.09. The Balaban J connectivity index is 1.80. The molecule has 0 radical (unpaired) electrons. The fourth-order valence-electron chi connectivity index (χ4n) is 3.90. The molecule has 1 heterocycles. The number of carbonyl (C=O) groups excluding carboxylic acids is 2. The first-order chi connectivity index (χ1) is 10.7. The van der Waals surface area contributed by atoms with Crippen molar-refractivity contribution in [1.29, 1.82) is 0 Å². The third-order valence-corrected chi connectivity index (χ3v) is 5.04. The molecule has 1 aliphatic heterocycles. The number of esters is 1. The summed E-state index contributed by atoms with van der Waals surface area (Å²) < 4.78 is 10.5. The predicted octanol–water partition coefficient (Wildman–Crippen LogP) is 3.76. The average Bonchev–Trinajstić information content (AvgIpc) is 2.80. The summed E-state index contributed by atoms with van der Waals surface area (Å²) in [5.41, 5.74) is -0.125. The number of ether oxygens (including phenoxy) is 2. The lowest BCUT2D eigenvalue weighted by molar-refractivity contribution is -0.144. The van der Waals surface area contributed by atoms with Crippen LogP contribution in [-0.2, 0) is 14.3 Å². The minimum atomic E-state index is -0.440. The van der Waals surface area contributed by atoms with Gasteiger partial charge in [0.25, 0.3) is 0 Å². The first kappa shape index (κ1) is 18.1. The second kappa shape index (κ2) is 7.10. The monoisotopic (exact) mass is 325 g/mol. The molecule has 1 saturated heterocycles. The molecular formula is C18H31NO4. The van der Waals surface area contributed by atoms with Gasteiger partial charge in [0, 0.05) is 19.5 Å². The van der Waals surface area contributed by atoms with Gasteiger partial charge in [-0.25, -0.2) is 4.79 Å². The number of amides is 1. The molecule has 2 rings (SSSR count). The molecule has 1 spiro atoms. The van der Waals surface area contributed by atoms with Crippen molar-refractivity contribution in [2.24, 2.45) is 11.3 Å². The van der Waals surface area contributed by atoms with E-state index in [2.05, 4.69) is 0 Å². The molecule has 23 heavy (non-hydrogen) atoms. The van der Waals surface area contributed by atoms with Gasteiger partial charge in [-0.1, -0.05) is 0 Å². The molecular weight excluding hydrogens is 294 g/mol. The zero-order valence-electron chi connectivity index (χ0n) is 15.0. The number of rotatable bonds is 3. The minimum absolute atomic E-state index is 0.0688. The van der Waals surface area contributed by atoms with E-state index in [1.807, 2.05) is 32.6 Å². The van der Waals surface area contributed by atoms with Crippen LogP contribution in [0, 0.1) is 11.3 Å². The number of likely N-dealkylation sites (tertiary alicyclic amines) is 1. The molecule has 1 saturated carbocycles. The largest absolute Gasteiger partial charge is 0.466 e. The van der Waals surface area contributed by atoms with Crippen LogP contribution < -0.4 is 0 Å². The fourth-order valence-corrected chi connectivity index (χ4v) is 3.90. The molecule has 5 nitrogen and oxygen atoms in total. The van der Waals surface area contributed by atoms with E-state index in [9.17, 15) is 9.59 Å². The van der Waals surface area contributed by atoms with E-state index in [1.165, 1.54) is 6.42 Å². The van der Waals surface area contributed by atoms with E-state index in [1.54, 1.807) is 0 Å². The first-order valence-corrected chi connectivity index (χ1v) is 8.86. The summed E-state index contributed by atoms with van der Waals surface area (Å²) in [5, 5.41) is 0. The van der Waals surface area contributed by atoms with Crippen LogP contribution in [0.25, 0.3) is 0 Å². The maximum atomic E-state index is 12.1. The molecule has 0 aromatic carbocycles. The molecule has 1 unspecified atom stereocenters. The first-order valence-electron chi connectivity index (χ1n) is 8.86. The summed E-state index contributed by atoms with van der Waals surface area (Å²) in [6.45, 7) is 9.53. The topological polar surface area (TPSA) is 55.8 Å². The van der Waals surface area contributed by atoms with Crippen molar-refractivity contribution in [3.05, 3.63) is 0 Å². The third kappa shape index (κ3) is 5.11. The van der Waals surface area contributed by atoms with Crippen LogP contribution in [0.2, 0.25) is 0 Å². The average molecular weight is 325 g/mol. The van der Waals surface area contributed by atoms with Crippen molar-refractivity contribution >= 4 is 12.1 Å². The number of hydrogen-bond donors (Lipinski definition) is 0. The number of carbonyl (C=O) groups is 2. The highest BCUT2D eigenvalue weighted by Crippen LogP contribution is 2.49. The molecule has 1 amide bonds. The maximum Gasteiger partial charge on any atom is 0.410 e. The van der Waals surface area contributed by atoms with Gasteiger partial charge in [-0.2, -0.15) is 0 Å². The standard InChI is InChI=1S/C18H31NO4/c1-5-22-15(20)12-14-6-7-18(13-14)8-10-19(11-9-18)16(21)23-17(2,3)4/h14H,5-13H2,1-4H3. The molecule has 0 N–H and O–H groups in total. The van der Waals surface area contributed by atoms with Crippen LogP contribution in [0.3, 0.4) is 0 Å². The van der Waals surface area contributed by atoms with E-state index in [-0.39, 0.29) is 12.1 Å². The van der Waals surface area contributed by atoms with Gasteiger partial charge in [-0.05, 0) is 71.1 Å². The van der Waals surface area contributed by atoms with Gasteiger partial charge in [-0.15, -0.1) is 0 Å². The van der Waals surface area contributed by atoms with Crippen LogP contribution in [0.4, 0.5) is 4.79 Å². The van der Waals surface area contributed by atoms with Crippen molar-refractivity contribution in [3.8, 4) is 0 Å². The van der Waals surface area contributed by atoms with Gasteiger partial charge in [0.1, 0.15) is 5.60 Å². The number of hydrogen-bond acceptors (Lipinski definition) is 4. The van der Waals surface area contributed by atoms with E-state index in [0.29, 0.717) is 24.4 Å². The molecule has 1 aliphatic carbocycles. The van der Waals surface area contributed by atoms with Gasteiger partial charge in [0.2, 0.25) is 0 Å². The Bertz CT molecular complexity index is 433. The highest BCUT2D eigenvalue weighted by molar-refractivity contribution is 5.69. The van der Waals surface area contributed by atoms with Crippen LogP contribution in [0.15, 0.2) is 0 Å². The van der Waals surface area contributed by atoms with Gasteiger partial charge in [-0.3, -0.25) is 4.79 Å². The zero-order chi connectivity index (χ0) is 17.1. The van der Waals surface area contributed by atoms with Crippen molar-refractivity contribution in [1.82, 2.24) is 4.90 Å². The Morgan fingerprint density at radius 1 is 1.17 bits per heavy atom. The Labute approximate surface area is 139 Å². The SMILES string of the molecule is CCOC(=O)CC1CCC2(CCN(C(=O)OC(C)(C)C)CC2)C1. The Kier molecular flexibility index (Phi) is 5.58. The Morgan fingerprint density at radius 3 is 2.39 bits per heavy atom. The lowest BCUT2D eigenvalue weighted by Crippen LogP contribution is -2.44. The van der Waals surface area contributed by atoms with Crippen molar-refractivity contribution in [2.45, 2.75) is 71.8 Å². The molecule has 2 fully saturated rings. The summed E-state index contributed by atoms with van der Waals surface area (Å²) in [4.78, 5) is 25.6. The normalized spacial score (nSPS) is 23.8. The van der Waals surface area contributed by atoms with Crippen LogP contribution in [0.5, 0.6) is 0 Å². The van der Waals surface area contributed by atoms with E-state index in [4.69, 9.17) is 9.47 Å². The molecule has 0 aromatic rings. The molecule has 0 bridgehead atoms. The smallest absolute Gasteiger partial charge is 0.410 e. The van der Waals surface area contributed by atoms with Crippen LogP contribution in [0.1, 0.15) is 66.2 Å². The summed E-state index contributed by atoms with van der Waals surface area (Å²) >= 11 is 0. The Hall–Kier alpha value is -1.26. The van der Waals surface area contributed by atoms with Gasteiger partial charge >= 0.3 is 12.1 Å². The van der Waals surface area contributed by atoms with Gasteiger partial charge in [0.15, 0.2) is 0 Å². The van der Waals surface area contributed by atoms with Gasteiger partial charge < -0.3 is 14.4 Å². The highest BCUT2D eigenvalue weighted by atomic mass is 16.6. The minimum Gasteiger partial charge on any atom is -0.466 e. The van der Waals surface area contributed by atoms with Crippen molar-refractivity contribution < 1.29 is 19.1 Å². The van der Waals surface area contributed by atoms with Crippen molar-refractivity contribution in [3.63, 3.8) is 0 Å². The van der Waals surface area contributed by atoms with E-state index in [0.717, 1.165) is 38.8 Å². The maximum absolute atomic E-state index is 12.1.